The Morgan fingerprint density at radius 1 is 1.38 bits per heavy atom. The Hall–Kier alpha value is -1.39. The molecular formula is C17H26N2O2. The molecule has 1 heterocycles. The highest BCUT2D eigenvalue weighted by molar-refractivity contribution is 5.96. The zero-order chi connectivity index (χ0) is 15.2. The molecule has 0 unspecified atom stereocenters. The zero-order valence-electron chi connectivity index (χ0n) is 13.1. The second-order valence-corrected chi connectivity index (χ2v) is 5.56. The van der Waals surface area contributed by atoms with Crippen LogP contribution in [0.15, 0.2) is 18.2 Å². The first kappa shape index (κ1) is 16.0. The number of nitrogens with zero attached hydrogens (tertiary/aromatic N) is 1. The van der Waals surface area contributed by atoms with Gasteiger partial charge in [-0.05, 0) is 43.0 Å². The van der Waals surface area contributed by atoms with Gasteiger partial charge in [0.2, 0.25) is 0 Å². The lowest BCUT2D eigenvalue weighted by molar-refractivity contribution is 0.0621. The van der Waals surface area contributed by atoms with Gasteiger partial charge in [-0.2, -0.15) is 0 Å². The van der Waals surface area contributed by atoms with E-state index in [2.05, 4.69) is 25.2 Å². The van der Waals surface area contributed by atoms with Crippen LogP contribution < -0.4 is 5.32 Å². The van der Waals surface area contributed by atoms with E-state index in [-0.39, 0.29) is 18.6 Å². The average molecular weight is 290 g/mol. The van der Waals surface area contributed by atoms with Gasteiger partial charge >= 0.3 is 0 Å². The summed E-state index contributed by atoms with van der Waals surface area (Å²) in [6.07, 6.45) is 2.73. The molecule has 0 fully saturated rings. The predicted octanol–water partition coefficient (Wildman–Crippen LogP) is 1.96. The van der Waals surface area contributed by atoms with Gasteiger partial charge in [-0.15, -0.1) is 0 Å². The van der Waals surface area contributed by atoms with E-state index in [4.69, 9.17) is 0 Å². The molecule has 1 aliphatic heterocycles. The summed E-state index contributed by atoms with van der Waals surface area (Å²) in [5.41, 5.74) is 3.21. The van der Waals surface area contributed by atoms with Crippen molar-refractivity contribution in [1.29, 1.82) is 0 Å². The first-order chi connectivity index (χ1) is 10.2. The van der Waals surface area contributed by atoms with Crippen LogP contribution in [0, 0.1) is 0 Å². The highest BCUT2D eigenvalue weighted by Gasteiger charge is 2.25. The monoisotopic (exact) mass is 290 g/mol. The Balaban J connectivity index is 2.32. The zero-order valence-corrected chi connectivity index (χ0v) is 13.1. The summed E-state index contributed by atoms with van der Waals surface area (Å²) in [5.74, 6) is 0.0662. The van der Waals surface area contributed by atoms with Crippen molar-refractivity contribution in [2.45, 2.75) is 45.7 Å². The topological polar surface area (TPSA) is 52.6 Å². The van der Waals surface area contributed by atoms with Gasteiger partial charge in [0.05, 0.1) is 6.61 Å². The average Bonchev–Trinajstić information content (AvgIpc) is 2.54. The summed E-state index contributed by atoms with van der Waals surface area (Å²) in [5, 5.41) is 12.6. The lowest BCUT2D eigenvalue weighted by Gasteiger charge is -2.31. The summed E-state index contributed by atoms with van der Waals surface area (Å²) in [6.45, 7) is 6.36. The number of hydrogen-bond acceptors (Lipinski definition) is 3. The number of amides is 1. The lowest BCUT2D eigenvalue weighted by atomic mass is 9.94. The molecule has 2 rings (SSSR count). The fourth-order valence-corrected chi connectivity index (χ4v) is 3.17. The molecule has 4 heteroatoms. The van der Waals surface area contributed by atoms with Gasteiger partial charge in [-0.25, -0.2) is 0 Å². The predicted molar refractivity (Wildman–Crippen MR) is 84.3 cm³/mol. The van der Waals surface area contributed by atoms with E-state index in [1.54, 1.807) is 0 Å². The van der Waals surface area contributed by atoms with Crippen LogP contribution >= 0.6 is 0 Å². The number of hydrogen-bond donors (Lipinski definition) is 2. The van der Waals surface area contributed by atoms with Crippen LogP contribution in [0.25, 0.3) is 0 Å². The van der Waals surface area contributed by atoms with Crippen molar-refractivity contribution >= 4 is 5.91 Å². The van der Waals surface area contributed by atoms with Crippen LogP contribution in [-0.2, 0) is 13.0 Å². The Morgan fingerprint density at radius 2 is 2.14 bits per heavy atom. The molecule has 21 heavy (non-hydrogen) atoms. The number of benzene rings is 1. The molecule has 0 bridgehead atoms. The number of carbonyl (C=O) groups is 1. The van der Waals surface area contributed by atoms with Crippen molar-refractivity contribution in [3.63, 3.8) is 0 Å². The Bertz CT molecular complexity index is 484. The molecule has 0 atom stereocenters. The first-order valence-corrected chi connectivity index (χ1v) is 7.96. The molecule has 0 aliphatic carbocycles. The van der Waals surface area contributed by atoms with Gasteiger partial charge < -0.3 is 15.3 Å². The van der Waals surface area contributed by atoms with Crippen molar-refractivity contribution in [3.05, 3.63) is 34.9 Å². The van der Waals surface area contributed by atoms with Crippen molar-refractivity contribution in [2.24, 2.45) is 0 Å². The lowest BCUT2D eigenvalue weighted by Crippen LogP contribution is -2.42. The maximum Gasteiger partial charge on any atom is 0.254 e. The molecule has 0 spiro atoms. The summed E-state index contributed by atoms with van der Waals surface area (Å²) in [7, 11) is 0. The molecular weight excluding hydrogens is 264 g/mol. The number of nitrogens with one attached hydrogen (secondary N) is 1. The van der Waals surface area contributed by atoms with Gasteiger partial charge in [0.15, 0.2) is 0 Å². The van der Waals surface area contributed by atoms with Crippen molar-refractivity contribution in [3.8, 4) is 0 Å². The molecule has 4 nitrogen and oxygen atoms in total. The molecule has 1 aromatic carbocycles. The van der Waals surface area contributed by atoms with E-state index in [0.717, 1.165) is 37.9 Å². The number of rotatable bonds is 6. The number of aliphatic hydroxyl groups is 1. The van der Waals surface area contributed by atoms with Crippen molar-refractivity contribution in [2.75, 3.05) is 19.7 Å². The van der Waals surface area contributed by atoms with Gasteiger partial charge in [0.25, 0.3) is 5.91 Å². The Kier molecular flexibility index (Phi) is 5.76. The third-order valence-corrected chi connectivity index (χ3v) is 4.36. The van der Waals surface area contributed by atoms with E-state index in [9.17, 15) is 9.90 Å². The normalized spacial score (nSPS) is 14.1. The Morgan fingerprint density at radius 3 is 2.81 bits per heavy atom. The molecule has 116 valence electrons. The first-order valence-electron chi connectivity index (χ1n) is 7.96. The summed E-state index contributed by atoms with van der Waals surface area (Å²) < 4.78 is 0. The Labute approximate surface area is 127 Å². The fourth-order valence-electron chi connectivity index (χ4n) is 3.17. The van der Waals surface area contributed by atoms with Gasteiger partial charge in [-0.3, -0.25) is 4.79 Å². The molecule has 2 N–H and O–H groups in total. The van der Waals surface area contributed by atoms with E-state index in [0.29, 0.717) is 6.54 Å². The second-order valence-electron chi connectivity index (χ2n) is 5.56. The molecule has 1 amide bonds. The van der Waals surface area contributed by atoms with Crippen LogP contribution in [0.1, 0.15) is 48.2 Å². The summed E-state index contributed by atoms with van der Waals surface area (Å²) in [4.78, 5) is 14.8. The van der Waals surface area contributed by atoms with Crippen molar-refractivity contribution in [1.82, 2.24) is 10.2 Å². The molecule has 1 aliphatic rings. The maximum absolute atomic E-state index is 13.0. The van der Waals surface area contributed by atoms with Crippen LogP contribution in [0.4, 0.5) is 0 Å². The van der Waals surface area contributed by atoms with Crippen molar-refractivity contribution < 1.29 is 9.90 Å². The van der Waals surface area contributed by atoms with Gasteiger partial charge in [-0.1, -0.05) is 26.0 Å². The standard InChI is InChI=1S/C17H26N2O2/c1-3-14(4-2)19(10-11-20)17(21)16-7-5-6-13-12-18-9-8-15(13)16/h5-7,14,18,20H,3-4,8-12H2,1-2H3. The maximum atomic E-state index is 13.0. The minimum Gasteiger partial charge on any atom is -0.395 e. The molecule has 1 aromatic rings. The highest BCUT2D eigenvalue weighted by Crippen LogP contribution is 2.22. The van der Waals surface area contributed by atoms with Crippen LogP contribution in [-0.4, -0.2) is 41.7 Å². The largest absolute Gasteiger partial charge is 0.395 e. The van der Waals surface area contributed by atoms with E-state index >= 15 is 0 Å². The molecule has 0 saturated heterocycles. The quantitative estimate of drug-likeness (QED) is 0.842. The second kappa shape index (κ2) is 7.57. The summed E-state index contributed by atoms with van der Waals surface area (Å²) in [6, 6.07) is 6.18. The minimum atomic E-state index is 0.0127. The third-order valence-electron chi connectivity index (χ3n) is 4.36. The van der Waals surface area contributed by atoms with E-state index in [1.807, 2.05) is 17.0 Å². The van der Waals surface area contributed by atoms with E-state index < -0.39 is 0 Å². The molecule has 0 radical (unpaired) electrons. The van der Waals surface area contributed by atoms with Crippen LogP contribution in [0.3, 0.4) is 0 Å². The highest BCUT2D eigenvalue weighted by atomic mass is 16.3. The van der Waals surface area contributed by atoms with Gasteiger partial charge in [0.1, 0.15) is 0 Å². The minimum absolute atomic E-state index is 0.0127. The number of carbonyl (C=O) groups excluding carboxylic acids is 1. The van der Waals surface area contributed by atoms with Gasteiger partial charge in [0, 0.05) is 24.7 Å². The molecule has 0 aromatic heterocycles. The number of aliphatic hydroxyl groups excluding tert-OH is 1. The van der Waals surface area contributed by atoms with E-state index in [1.165, 1.54) is 11.1 Å². The SMILES string of the molecule is CCC(CC)N(CCO)C(=O)c1cccc2c1CCNC2. The smallest absolute Gasteiger partial charge is 0.254 e. The fraction of sp³-hybridized carbons (Fsp3) is 0.588. The van der Waals surface area contributed by atoms with Crippen LogP contribution in [0.5, 0.6) is 0 Å². The third kappa shape index (κ3) is 3.44. The molecule has 0 saturated carbocycles. The van der Waals surface area contributed by atoms with Crippen LogP contribution in [0.2, 0.25) is 0 Å². The number of fused-ring (bicyclic) bond motifs is 1. The summed E-state index contributed by atoms with van der Waals surface area (Å²) >= 11 is 0.